The molecular formula is C18H19FN2O2. The molecule has 23 heavy (non-hydrogen) atoms. The Bertz CT molecular complexity index is 764. The van der Waals surface area contributed by atoms with E-state index in [0.29, 0.717) is 31.0 Å². The van der Waals surface area contributed by atoms with E-state index in [4.69, 9.17) is 4.42 Å². The number of amides is 1. The molecule has 2 heterocycles. The van der Waals surface area contributed by atoms with Gasteiger partial charge in [0.15, 0.2) is 5.89 Å². The van der Waals surface area contributed by atoms with Gasteiger partial charge in [0.25, 0.3) is 0 Å². The number of nitrogens with zero attached hydrogens (tertiary/aromatic N) is 2. The molecule has 2 aromatic rings. The van der Waals surface area contributed by atoms with Gasteiger partial charge >= 0.3 is 0 Å². The second-order valence-electron chi connectivity index (χ2n) is 6.53. The van der Waals surface area contributed by atoms with Crippen molar-refractivity contribution >= 4 is 5.91 Å². The van der Waals surface area contributed by atoms with E-state index in [9.17, 15) is 9.18 Å². The second-order valence-corrected chi connectivity index (χ2v) is 6.53. The van der Waals surface area contributed by atoms with E-state index in [1.807, 2.05) is 13.0 Å². The van der Waals surface area contributed by atoms with Gasteiger partial charge in [-0.1, -0.05) is 12.1 Å². The van der Waals surface area contributed by atoms with E-state index in [0.717, 1.165) is 35.7 Å². The topological polar surface area (TPSA) is 46.3 Å². The number of halogens is 1. The van der Waals surface area contributed by atoms with Crippen molar-refractivity contribution < 1.29 is 13.6 Å². The first kappa shape index (κ1) is 14.4. The van der Waals surface area contributed by atoms with Crippen molar-refractivity contribution in [3.63, 3.8) is 0 Å². The lowest BCUT2D eigenvalue weighted by atomic mass is 10.1. The van der Waals surface area contributed by atoms with Crippen LogP contribution in [0.5, 0.6) is 0 Å². The van der Waals surface area contributed by atoms with Crippen LogP contribution in [-0.4, -0.2) is 22.3 Å². The third kappa shape index (κ3) is 2.87. The summed E-state index contributed by atoms with van der Waals surface area (Å²) in [5.74, 6) is 1.85. The summed E-state index contributed by atoms with van der Waals surface area (Å²) in [5.41, 5.74) is 2.18. The van der Waals surface area contributed by atoms with Gasteiger partial charge in [0.1, 0.15) is 17.3 Å². The Kier molecular flexibility index (Phi) is 3.43. The van der Waals surface area contributed by atoms with Crippen molar-refractivity contribution in [2.75, 3.05) is 6.54 Å². The van der Waals surface area contributed by atoms with Crippen LogP contribution < -0.4 is 0 Å². The molecule has 4 rings (SSSR count). The lowest BCUT2D eigenvalue weighted by Crippen LogP contribution is -2.36. The van der Waals surface area contributed by atoms with Crippen molar-refractivity contribution in [1.82, 2.24) is 9.88 Å². The zero-order valence-corrected chi connectivity index (χ0v) is 13.1. The highest BCUT2D eigenvalue weighted by Gasteiger charge is 2.32. The minimum atomic E-state index is -0.312. The normalized spacial score (nSPS) is 17.2. The van der Waals surface area contributed by atoms with E-state index in [1.54, 1.807) is 11.0 Å². The minimum Gasteiger partial charge on any atom is -0.445 e. The van der Waals surface area contributed by atoms with Crippen LogP contribution in [-0.2, 0) is 24.2 Å². The van der Waals surface area contributed by atoms with Gasteiger partial charge in [-0.05, 0) is 37.0 Å². The summed E-state index contributed by atoms with van der Waals surface area (Å²) in [6, 6.07) is 5.00. The molecule has 120 valence electrons. The van der Waals surface area contributed by atoms with Gasteiger partial charge < -0.3 is 9.32 Å². The van der Waals surface area contributed by atoms with Gasteiger partial charge in [-0.3, -0.25) is 4.79 Å². The molecule has 0 unspecified atom stereocenters. The summed E-state index contributed by atoms with van der Waals surface area (Å²) in [7, 11) is 0. The molecule has 4 nitrogen and oxygen atoms in total. The fourth-order valence-corrected chi connectivity index (χ4v) is 3.01. The van der Waals surface area contributed by atoms with Gasteiger partial charge in [-0.2, -0.15) is 0 Å². The summed E-state index contributed by atoms with van der Waals surface area (Å²) >= 11 is 0. The van der Waals surface area contributed by atoms with Gasteiger partial charge in [0, 0.05) is 18.9 Å². The summed E-state index contributed by atoms with van der Waals surface area (Å²) in [5, 5.41) is 0. The number of oxazole rings is 1. The maximum absolute atomic E-state index is 13.9. The fourth-order valence-electron chi connectivity index (χ4n) is 3.01. The SMILES string of the molecule is Cc1ccc(CC(=O)N2CCc3oc(C4CC4)nc3C2)c(F)c1. The second kappa shape index (κ2) is 5.48. The van der Waals surface area contributed by atoms with E-state index in [-0.39, 0.29) is 18.1 Å². The van der Waals surface area contributed by atoms with E-state index in [2.05, 4.69) is 4.98 Å². The Labute approximate surface area is 134 Å². The molecule has 0 atom stereocenters. The standard InChI is InChI=1S/C18H19FN2O2/c1-11-2-3-13(14(19)8-11)9-17(22)21-7-6-16-15(10-21)20-18(23-16)12-4-5-12/h2-3,8,12H,4-7,9-10H2,1H3. The van der Waals surface area contributed by atoms with Gasteiger partial charge in [-0.25, -0.2) is 9.37 Å². The van der Waals surface area contributed by atoms with Crippen molar-refractivity contribution in [3.05, 3.63) is 52.5 Å². The molecule has 0 spiro atoms. The van der Waals surface area contributed by atoms with E-state index >= 15 is 0 Å². The number of fused-ring (bicyclic) bond motifs is 1. The molecule has 1 fully saturated rings. The van der Waals surface area contributed by atoms with Crippen LogP contribution in [0.3, 0.4) is 0 Å². The Hall–Kier alpha value is -2.17. The molecule has 0 radical (unpaired) electrons. The molecular weight excluding hydrogens is 295 g/mol. The van der Waals surface area contributed by atoms with Crippen LogP contribution in [0.25, 0.3) is 0 Å². The average Bonchev–Trinajstić information content (AvgIpc) is 3.29. The number of aromatic nitrogens is 1. The lowest BCUT2D eigenvalue weighted by Gasteiger charge is -2.25. The monoisotopic (exact) mass is 314 g/mol. The maximum Gasteiger partial charge on any atom is 0.227 e. The lowest BCUT2D eigenvalue weighted by molar-refractivity contribution is -0.131. The third-order valence-corrected chi connectivity index (χ3v) is 4.57. The highest BCUT2D eigenvalue weighted by Crippen LogP contribution is 2.40. The van der Waals surface area contributed by atoms with E-state index in [1.165, 1.54) is 6.07 Å². The summed E-state index contributed by atoms with van der Waals surface area (Å²) < 4.78 is 19.7. The number of aryl methyl sites for hydroxylation is 1. The van der Waals surface area contributed by atoms with Crippen LogP contribution >= 0.6 is 0 Å². The predicted octanol–water partition coefficient (Wildman–Crippen LogP) is 3.13. The Morgan fingerprint density at radius 3 is 3.00 bits per heavy atom. The van der Waals surface area contributed by atoms with Crippen molar-refractivity contribution in [3.8, 4) is 0 Å². The average molecular weight is 314 g/mol. The van der Waals surface area contributed by atoms with Crippen LogP contribution in [0.4, 0.5) is 4.39 Å². The number of carbonyl (C=O) groups is 1. The summed E-state index contributed by atoms with van der Waals surface area (Å²) in [4.78, 5) is 18.8. The van der Waals surface area contributed by atoms with Gasteiger partial charge in [0.05, 0.1) is 13.0 Å². The predicted molar refractivity (Wildman–Crippen MR) is 82.4 cm³/mol. The Morgan fingerprint density at radius 2 is 2.26 bits per heavy atom. The highest BCUT2D eigenvalue weighted by atomic mass is 19.1. The quantitative estimate of drug-likeness (QED) is 0.874. The van der Waals surface area contributed by atoms with Crippen molar-refractivity contribution in [1.29, 1.82) is 0 Å². The zero-order valence-electron chi connectivity index (χ0n) is 13.1. The minimum absolute atomic E-state index is 0.0608. The first-order chi connectivity index (χ1) is 11.1. The number of hydrogen-bond donors (Lipinski definition) is 0. The molecule has 1 saturated carbocycles. The summed E-state index contributed by atoms with van der Waals surface area (Å²) in [6.45, 7) is 2.92. The van der Waals surface area contributed by atoms with Crippen LogP contribution in [0.15, 0.2) is 22.6 Å². The van der Waals surface area contributed by atoms with Crippen LogP contribution in [0.1, 0.15) is 47.2 Å². The molecule has 1 aliphatic heterocycles. The van der Waals surface area contributed by atoms with Gasteiger partial charge in [0.2, 0.25) is 5.91 Å². The first-order valence-electron chi connectivity index (χ1n) is 8.11. The molecule has 1 aliphatic carbocycles. The molecule has 1 amide bonds. The van der Waals surface area contributed by atoms with Gasteiger partial charge in [-0.15, -0.1) is 0 Å². The Morgan fingerprint density at radius 1 is 1.43 bits per heavy atom. The smallest absolute Gasteiger partial charge is 0.227 e. The number of rotatable bonds is 3. The molecule has 2 aliphatic rings. The third-order valence-electron chi connectivity index (χ3n) is 4.57. The highest BCUT2D eigenvalue weighted by molar-refractivity contribution is 5.79. The molecule has 0 bridgehead atoms. The number of carbonyl (C=O) groups excluding carboxylic acids is 1. The largest absolute Gasteiger partial charge is 0.445 e. The molecule has 5 heteroatoms. The van der Waals surface area contributed by atoms with Crippen LogP contribution in [0, 0.1) is 12.7 Å². The molecule has 1 aromatic heterocycles. The molecule has 1 aromatic carbocycles. The summed E-state index contributed by atoms with van der Waals surface area (Å²) in [6.07, 6.45) is 3.08. The van der Waals surface area contributed by atoms with Crippen molar-refractivity contribution in [2.45, 2.75) is 45.1 Å². The Balaban J connectivity index is 1.46. The molecule has 0 N–H and O–H groups in total. The maximum atomic E-state index is 13.9. The zero-order chi connectivity index (χ0) is 16.0. The number of hydrogen-bond acceptors (Lipinski definition) is 3. The van der Waals surface area contributed by atoms with Crippen molar-refractivity contribution in [2.24, 2.45) is 0 Å². The number of benzene rings is 1. The first-order valence-corrected chi connectivity index (χ1v) is 8.11. The fraction of sp³-hybridized carbons (Fsp3) is 0.444. The van der Waals surface area contributed by atoms with E-state index < -0.39 is 0 Å². The molecule has 0 saturated heterocycles. The van der Waals surface area contributed by atoms with Crippen LogP contribution in [0.2, 0.25) is 0 Å².